The summed E-state index contributed by atoms with van der Waals surface area (Å²) in [6, 6.07) is 1.81. The van der Waals surface area contributed by atoms with Crippen LogP contribution in [0.2, 0.25) is 0 Å². The van der Waals surface area contributed by atoms with E-state index < -0.39 is 0 Å². The zero-order chi connectivity index (χ0) is 19.9. The minimum absolute atomic E-state index is 0.00697. The normalized spacial score (nSPS) is 11.3. The van der Waals surface area contributed by atoms with Gasteiger partial charge in [-0.25, -0.2) is 0 Å². The third-order valence-electron chi connectivity index (χ3n) is 5.36. The van der Waals surface area contributed by atoms with Crippen LogP contribution in [0.4, 0.5) is 0 Å². The van der Waals surface area contributed by atoms with E-state index in [9.17, 15) is 15.3 Å². The molecular weight excluding hydrogens is 340 g/mol. The summed E-state index contributed by atoms with van der Waals surface area (Å²) in [5, 5.41) is 28.8. The molecule has 0 unspecified atom stereocenters. The predicted molar refractivity (Wildman–Crippen MR) is 111 cm³/mol. The number of phenols is 1. The molecule has 27 heavy (non-hydrogen) atoms. The highest BCUT2D eigenvalue weighted by Gasteiger charge is 2.13. The average Bonchev–Trinajstić information content (AvgIpc) is 2.67. The topological polar surface area (TPSA) is 69.9 Å². The summed E-state index contributed by atoms with van der Waals surface area (Å²) in [5.41, 5.74) is 2.87. The van der Waals surface area contributed by atoms with Crippen LogP contribution < -0.4 is 0 Å². The van der Waals surface area contributed by atoms with Crippen molar-refractivity contribution in [3.63, 3.8) is 0 Å². The first kappa shape index (κ1) is 23.9. The third-order valence-corrected chi connectivity index (χ3v) is 5.36. The summed E-state index contributed by atoms with van der Waals surface area (Å²) < 4.78 is 5.75. The first-order valence-electron chi connectivity index (χ1n) is 10.8. The molecule has 1 rings (SSSR count). The predicted octanol–water partition coefficient (Wildman–Crippen LogP) is 5.17. The Balaban J connectivity index is 2.13. The Morgan fingerprint density at radius 3 is 1.93 bits per heavy atom. The monoisotopic (exact) mass is 380 g/mol. The van der Waals surface area contributed by atoms with Gasteiger partial charge >= 0.3 is 0 Å². The maximum atomic E-state index is 10.0. The number of unbranched alkanes of at least 4 members (excludes halogenated alkanes) is 9. The molecule has 0 heterocycles. The Bertz CT molecular complexity index is 514. The van der Waals surface area contributed by atoms with Crippen molar-refractivity contribution in [2.24, 2.45) is 0 Å². The summed E-state index contributed by atoms with van der Waals surface area (Å²) in [6.07, 6.45) is 13.9. The number of aromatic hydroxyl groups is 1. The van der Waals surface area contributed by atoms with Gasteiger partial charge in [-0.15, -0.1) is 0 Å². The third kappa shape index (κ3) is 9.09. The molecule has 4 heteroatoms. The summed E-state index contributed by atoms with van der Waals surface area (Å²) in [5.74, 6) is 0.00697. The minimum Gasteiger partial charge on any atom is -0.507 e. The van der Waals surface area contributed by atoms with Gasteiger partial charge in [0.25, 0.3) is 0 Å². The smallest absolute Gasteiger partial charge is 0.126 e. The van der Waals surface area contributed by atoms with Crippen LogP contribution >= 0.6 is 0 Å². The summed E-state index contributed by atoms with van der Waals surface area (Å²) in [7, 11) is 0. The molecule has 0 fully saturated rings. The van der Waals surface area contributed by atoms with Crippen LogP contribution in [-0.2, 0) is 24.4 Å². The Hall–Kier alpha value is -1.10. The van der Waals surface area contributed by atoms with E-state index in [1.54, 1.807) is 0 Å². The summed E-state index contributed by atoms with van der Waals surface area (Å²) in [4.78, 5) is 0. The van der Waals surface area contributed by atoms with Crippen LogP contribution in [0.15, 0.2) is 6.07 Å². The molecule has 4 nitrogen and oxygen atoms in total. The van der Waals surface area contributed by atoms with E-state index in [2.05, 4.69) is 6.92 Å². The van der Waals surface area contributed by atoms with Gasteiger partial charge in [0.1, 0.15) is 5.75 Å². The molecule has 0 amide bonds. The maximum absolute atomic E-state index is 10.0. The van der Waals surface area contributed by atoms with Crippen LogP contribution in [0, 0.1) is 6.92 Å². The number of ether oxygens (including phenoxy) is 1. The Morgan fingerprint density at radius 2 is 1.37 bits per heavy atom. The largest absolute Gasteiger partial charge is 0.507 e. The molecule has 0 bridgehead atoms. The van der Waals surface area contributed by atoms with Crippen molar-refractivity contribution < 1.29 is 20.1 Å². The van der Waals surface area contributed by atoms with Gasteiger partial charge in [-0.05, 0) is 37.0 Å². The van der Waals surface area contributed by atoms with E-state index in [0.717, 1.165) is 30.6 Å². The fraction of sp³-hybridized carbons (Fsp3) is 0.739. The molecule has 0 aliphatic rings. The Kier molecular flexibility index (Phi) is 13.2. The highest BCUT2D eigenvalue weighted by Crippen LogP contribution is 2.29. The molecule has 156 valence electrons. The molecule has 0 aliphatic carbocycles. The van der Waals surface area contributed by atoms with Crippen molar-refractivity contribution in [1.29, 1.82) is 0 Å². The van der Waals surface area contributed by atoms with E-state index in [0.29, 0.717) is 17.7 Å². The standard InChI is InChI=1S/C23H40O4/c1-3-4-5-6-7-8-9-10-11-12-14-27-15-13-20-16-21(17-24)23(26)22(18-25)19(20)2/h16,24-26H,3-15,17-18H2,1-2H3. The van der Waals surface area contributed by atoms with Gasteiger partial charge in [0, 0.05) is 17.7 Å². The second-order valence-electron chi connectivity index (χ2n) is 7.51. The van der Waals surface area contributed by atoms with Gasteiger partial charge in [-0.3, -0.25) is 0 Å². The van der Waals surface area contributed by atoms with Gasteiger partial charge in [0.2, 0.25) is 0 Å². The zero-order valence-electron chi connectivity index (χ0n) is 17.4. The van der Waals surface area contributed by atoms with Gasteiger partial charge < -0.3 is 20.1 Å². The van der Waals surface area contributed by atoms with Gasteiger partial charge in [-0.2, -0.15) is 0 Å². The van der Waals surface area contributed by atoms with Crippen molar-refractivity contribution in [3.8, 4) is 5.75 Å². The fourth-order valence-electron chi connectivity index (χ4n) is 3.50. The van der Waals surface area contributed by atoms with Gasteiger partial charge in [-0.1, -0.05) is 64.7 Å². The maximum Gasteiger partial charge on any atom is 0.126 e. The van der Waals surface area contributed by atoms with E-state index in [1.807, 2.05) is 13.0 Å². The molecule has 0 atom stereocenters. The van der Waals surface area contributed by atoms with E-state index in [-0.39, 0.29) is 19.0 Å². The van der Waals surface area contributed by atoms with Gasteiger partial charge in [0.05, 0.1) is 19.8 Å². The fourth-order valence-corrected chi connectivity index (χ4v) is 3.50. The number of rotatable bonds is 16. The zero-order valence-corrected chi connectivity index (χ0v) is 17.4. The van der Waals surface area contributed by atoms with Crippen LogP contribution in [0.25, 0.3) is 0 Å². The van der Waals surface area contributed by atoms with Crippen molar-refractivity contribution in [1.82, 2.24) is 0 Å². The SMILES string of the molecule is CCCCCCCCCCCCOCCc1cc(CO)c(O)c(CO)c1C. The molecule has 0 saturated heterocycles. The molecule has 0 aliphatic heterocycles. The lowest BCUT2D eigenvalue weighted by molar-refractivity contribution is 0.132. The van der Waals surface area contributed by atoms with Crippen LogP contribution in [0.5, 0.6) is 5.75 Å². The first-order chi connectivity index (χ1) is 13.2. The van der Waals surface area contributed by atoms with Crippen LogP contribution in [0.3, 0.4) is 0 Å². The molecular formula is C23H40O4. The minimum atomic E-state index is -0.231. The number of benzene rings is 1. The lowest BCUT2D eigenvalue weighted by Gasteiger charge is -2.15. The summed E-state index contributed by atoms with van der Waals surface area (Å²) in [6.45, 7) is 5.10. The highest BCUT2D eigenvalue weighted by molar-refractivity contribution is 5.49. The number of aliphatic hydroxyl groups is 2. The second kappa shape index (κ2) is 14.9. The average molecular weight is 381 g/mol. The Morgan fingerprint density at radius 1 is 0.778 bits per heavy atom. The molecule has 0 aromatic heterocycles. The van der Waals surface area contributed by atoms with E-state index in [4.69, 9.17) is 4.74 Å². The Labute approximate surface area is 165 Å². The van der Waals surface area contributed by atoms with Gasteiger partial charge in [0.15, 0.2) is 0 Å². The second-order valence-corrected chi connectivity index (χ2v) is 7.51. The molecule has 1 aromatic rings. The molecule has 0 spiro atoms. The molecule has 1 aromatic carbocycles. The first-order valence-corrected chi connectivity index (χ1v) is 10.8. The van der Waals surface area contributed by atoms with Crippen molar-refractivity contribution in [3.05, 3.63) is 28.3 Å². The highest BCUT2D eigenvalue weighted by atomic mass is 16.5. The lowest BCUT2D eigenvalue weighted by Crippen LogP contribution is -2.05. The molecule has 0 radical (unpaired) electrons. The summed E-state index contributed by atoms with van der Waals surface area (Å²) >= 11 is 0. The lowest BCUT2D eigenvalue weighted by atomic mass is 9.96. The number of hydrogen-bond acceptors (Lipinski definition) is 4. The molecule has 0 saturated carbocycles. The number of hydrogen-bond donors (Lipinski definition) is 3. The quantitative estimate of drug-likeness (QED) is 0.346. The van der Waals surface area contributed by atoms with Crippen molar-refractivity contribution in [2.45, 2.75) is 97.7 Å². The van der Waals surface area contributed by atoms with E-state index in [1.165, 1.54) is 57.8 Å². The van der Waals surface area contributed by atoms with E-state index >= 15 is 0 Å². The number of aliphatic hydroxyl groups excluding tert-OH is 2. The molecule has 3 N–H and O–H groups in total. The van der Waals surface area contributed by atoms with Crippen LogP contribution in [0.1, 0.15) is 93.4 Å². The van der Waals surface area contributed by atoms with Crippen molar-refractivity contribution in [2.75, 3.05) is 13.2 Å². The van der Waals surface area contributed by atoms with Crippen molar-refractivity contribution >= 4 is 0 Å². The van der Waals surface area contributed by atoms with Crippen LogP contribution in [-0.4, -0.2) is 28.5 Å².